The maximum atomic E-state index is 13.4. The number of amides is 2. The fourth-order valence-corrected chi connectivity index (χ4v) is 6.02. The highest BCUT2D eigenvalue weighted by atomic mass is 32.2. The summed E-state index contributed by atoms with van der Waals surface area (Å²) in [7, 11) is 0. The molecule has 3 aromatic carbocycles. The smallest absolute Gasteiger partial charge is 0.256 e. The van der Waals surface area contributed by atoms with Gasteiger partial charge in [-0.2, -0.15) is 0 Å². The summed E-state index contributed by atoms with van der Waals surface area (Å²) < 4.78 is 15.2. The van der Waals surface area contributed by atoms with Gasteiger partial charge in [-0.1, -0.05) is 36.0 Å². The number of halogens is 1. The first kappa shape index (κ1) is 22.6. The molecule has 0 atom stereocenters. The number of anilines is 1. The number of thiazole rings is 1. The minimum Gasteiger partial charge on any atom is -0.339 e. The van der Waals surface area contributed by atoms with Crippen molar-refractivity contribution in [2.75, 3.05) is 18.4 Å². The Morgan fingerprint density at radius 3 is 2.59 bits per heavy atom. The Morgan fingerprint density at radius 1 is 1.00 bits per heavy atom. The SMILES string of the molecule is O=C(Nc1ccc2nc(SCc3cccc(F)c3)sc2c1)c1ccccc1C(=O)N1CCCC1. The molecular formula is C26H22FN3O2S2. The van der Waals surface area contributed by atoms with Crippen LogP contribution in [0.2, 0.25) is 0 Å². The van der Waals surface area contributed by atoms with Crippen LogP contribution in [0.15, 0.2) is 71.1 Å². The van der Waals surface area contributed by atoms with Crippen LogP contribution in [-0.4, -0.2) is 34.8 Å². The van der Waals surface area contributed by atoms with Gasteiger partial charge >= 0.3 is 0 Å². The number of benzene rings is 3. The quantitative estimate of drug-likeness (QED) is 0.326. The second-order valence-corrected chi connectivity index (χ2v) is 10.3. The van der Waals surface area contributed by atoms with Crippen molar-refractivity contribution in [3.8, 4) is 0 Å². The summed E-state index contributed by atoms with van der Waals surface area (Å²) in [6.07, 6.45) is 1.99. The summed E-state index contributed by atoms with van der Waals surface area (Å²) in [6, 6.07) is 19.1. The molecule has 172 valence electrons. The van der Waals surface area contributed by atoms with Gasteiger partial charge in [-0.05, 0) is 60.9 Å². The van der Waals surface area contributed by atoms with E-state index in [4.69, 9.17) is 0 Å². The van der Waals surface area contributed by atoms with Crippen molar-refractivity contribution in [2.45, 2.75) is 22.9 Å². The molecule has 0 spiro atoms. The highest BCUT2D eigenvalue weighted by Crippen LogP contribution is 2.33. The van der Waals surface area contributed by atoms with Crippen molar-refractivity contribution >= 4 is 50.8 Å². The van der Waals surface area contributed by atoms with Crippen molar-refractivity contribution in [1.29, 1.82) is 0 Å². The number of likely N-dealkylation sites (tertiary alicyclic amines) is 1. The summed E-state index contributed by atoms with van der Waals surface area (Å²) in [5.41, 5.74) is 3.19. The van der Waals surface area contributed by atoms with Gasteiger partial charge in [-0.25, -0.2) is 9.37 Å². The second-order valence-electron chi connectivity index (χ2n) is 8.08. The number of rotatable bonds is 6. The first-order chi connectivity index (χ1) is 16.6. The summed E-state index contributed by atoms with van der Waals surface area (Å²) in [6.45, 7) is 1.47. The molecule has 1 saturated heterocycles. The summed E-state index contributed by atoms with van der Waals surface area (Å²) in [4.78, 5) is 32.4. The maximum Gasteiger partial charge on any atom is 0.256 e. The Bertz CT molecular complexity index is 1370. The van der Waals surface area contributed by atoms with Crippen LogP contribution >= 0.6 is 23.1 Å². The van der Waals surface area contributed by atoms with Gasteiger partial charge in [0.15, 0.2) is 4.34 Å². The Kier molecular flexibility index (Phi) is 6.60. The van der Waals surface area contributed by atoms with E-state index < -0.39 is 0 Å². The van der Waals surface area contributed by atoms with E-state index in [0.29, 0.717) is 22.6 Å². The molecule has 1 fully saturated rings. The molecule has 8 heteroatoms. The molecule has 34 heavy (non-hydrogen) atoms. The highest BCUT2D eigenvalue weighted by molar-refractivity contribution is 8.00. The van der Waals surface area contributed by atoms with Crippen molar-refractivity contribution in [1.82, 2.24) is 9.88 Å². The van der Waals surface area contributed by atoms with Gasteiger partial charge in [-0.15, -0.1) is 11.3 Å². The number of nitrogens with zero attached hydrogens (tertiary/aromatic N) is 2. The summed E-state index contributed by atoms with van der Waals surface area (Å²) >= 11 is 3.08. The zero-order valence-corrected chi connectivity index (χ0v) is 19.9. The van der Waals surface area contributed by atoms with Gasteiger partial charge in [0.2, 0.25) is 0 Å². The van der Waals surface area contributed by atoms with Crippen molar-refractivity contribution in [3.05, 3.63) is 89.2 Å². The predicted molar refractivity (Wildman–Crippen MR) is 135 cm³/mol. The molecule has 4 aromatic rings. The fraction of sp³-hybridized carbons (Fsp3) is 0.192. The van der Waals surface area contributed by atoms with Crippen LogP contribution in [0.25, 0.3) is 10.2 Å². The first-order valence-corrected chi connectivity index (χ1v) is 12.8. The molecule has 0 saturated carbocycles. The lowest BCUT2D eigenvalue weighted by atomic mass is 10.1. The van der Waals surface area contributed by atoms with Gasteiger partial charge in [0.25, 0.3) is 11.8 Å². The van der Waals surface area contributed by atoms with Gasteiger partial charge < -0.3 is 10.2 Å². The Hall–Kier alpha value is -3.23. The standard InChI is InChI=1S/C26H22FN3O2S2/c27-18-7-5-6-17(14-18)16-33-26-29-22-11-10-19(15-23(22)34-26)28-24(31)20-8-1-2-9-21(20)25(32)30-12-3-4-13-30/h1-2,5-11,14-15H,3-4,12-13,16H2,(H,28,31). The normalized spacial score (nSPS) is 13.4. The number of fused-ring (bicyclic) bond motifs is 1. The van der Waals surface area contributed by atoms with Crippen molar-refractivity contribution in [2.24, 2.45) is 0 Å². The molecule has 1 aliphatic rings. The number of aromatic nitrogens is 1. The molecular weight excluding hydrogens is 469 g/mol. The molecule has 2 amide bonds. The monoisotopic (exact) mass is 491 g/mol. The van der Waals surface area contributed by atoms with E-state index in [-0.39, 0.29) is 17.6 Å². The van der Waals surface area contributed by atoms with Crippen LogP contribution in [0.1, 0.15) is 39.1 Å². The van der Waals surface area contributed by atoms with Crippen molar-refractivity contribution in [3.63, 3.8) is 0 Å². The number of carbonyl (C=O) groups is 2. The number of thioether (sulfide) groups is 1. The first-order valence-electron chi connectivity index (χ1n) is 11.0. The Balaban J connectivity index is 1.30. The third kappa shape index (κ3) is 4.98. The van der Waals surface area contributed by atoms with E-state index >= 15 is 0 Å². The minimum absolute atomic E-state index is 0.0962. The molecule has 1 N–H and O–H groups in total. The number of carbonyl (C=O) groups excluding carboxylic acids is 2. The fourth-order valence-electron chi connectivity index (χ4n) is 3.97. The van der Waals surface area contributed by atoms with Crippen LogP contribution in [0.3, 0.4) is 0 Å². The van der Waals surface area contributed by atoms with Gasteiger partial charge in [-0.3, -0.25) is 9.59 Å². The lowest BCUT2D eigenvalue weighted by Gasteiger charge is -2.17. The predicted octanol–water partition coefficient (Wildman–Crippen LogP) is 6.22. The molecule has 5 rings (SSSR count). The van der Waals surface area contributed by atoms with Crippen LogP contribution in [0, 0.1) is 5.82 Å². The van der Waals surface area contributed by atoms with E-state index in [1.54, 1.807) is 47.0 Å². The van der Waals surface area contributed by atoms with Gasteiger partial charge in [0.1, 0.15) is 5.82 Å². The highest BCUT2D eigenvalue weighted by Gasteiger charge is 2.24. The van der Waals surface area contributed by atoms with Gasteiger partial charge in [0.05, 0.1) is 21.3 Å². The number of hydrogen-bond acceptors (Lipinski definition) is 5. The molecule has 0 aliphatic carbocycles. The Labute approximate surface area is 205 Å². The van der Waals surface area contributed by atoms with Crippen LogP contribution < -0.4 is 5.32 Å². The van der Waals surface area contributed by atoms with Gasteiger partial charge in [0, 0.05) is 24.5 Å². The number of nitrogens with one attached hydrogen (secondary N) is 1. The maximum absolute atomic E-state index is 13.4. The van der Waals surface area contributed by atoms with E-state index in [0.717, 1.165) is 46.1 Å². The second kappa shape index (κ2) is 9.95. The average molecular weight is 492 g/mol. The zero-order valence-electron chi connectivity index (χ0n) is 18.3. The zero-order chi connectivity index (χ0) is 23.5. The molecule has 0 radical (unpaired) electrons. The third-order valence-corrected chi connectivity index (χ3v) is 7.91. The van der Waals surface area contributed by atoms with Crippen molar-refractivity contribution < 1.29 is 14.0 Å². The molecule has 2 heterocycles. The lowest BCUT2D eigenvalue weighted by molar-refractivity contribution is 0.0787. The topological polar surface area (TPSA) is 62.3 Å². The molecule has 1 aromatic heterocycles. The molecule has 1 aliphatic heterocycles. The minimum atomic E-state index is -0.312. The Morgan fingerprint density at radius 2 is 1.79 bits per heavy atom. The third-order valence-electron chi connectivity index (χ3n) is 5.67. The largest absolute Gasteiger partial charge is 0.339 e. The summed E-state index contributed by atoms with van der Waals surface area (Å²) in [5.74, 6) is -0.0245. The molecule has 0 bridgehead atoms. The van der Waals surface area contributed by atoms with E-state index in [2.05, 4.69) is 10.3 Å². The van der Waals surface area contributed by atoms with Crippen LogP contribution in [-0.2, 0) is 5.75 Å². The summed E-state index contributed by atoms with van der Waals surface area (Å²) in [5, 5.41) is 2.93. The van der Waals surface area contributed by atoms with E-state index in [1.165, 1.54) is 23.5 Å². The molecule has 5 nitrogen and oxygen atoms in total. The van der Waals surface area contributed by atoms with E-state index in [1.807, 2.05) is 24.3 Å². The van der Waals surface area contributed by atoms with E-state index in [9.17, 15) is 14.0 Å². The lowest BCUT2D eigenvalue weighted by Crippen LogP contribution is -2.29. The number of hydrogen-bond donors (Lipinski definition) is 1. The van der Waals surface area contributed by atoms with Crippen LogP contribution in [0.5, 0.6) is 0 Å². The molecule has 0 unspecified atom stereocenters. The van der Waals surface area contributed by atoms with Crippen LogP contribution in [0.4, 0.5) is 10.1 Å². The average Bonchev–Trinajstić information content (AvgIpc) is 3.52.